The highest BCUT2D eigenvalue weighted by Gasteiger charge is 2.17. The number of aromatic amines is 1. The molecule has 0 bridgehead atoms. The first kappa shape index (κ1) is 12.4. The maximum atomic E-state index is 12.1. The molecule has 1 aromatic heterocycles. The number of aromatic nitrogens is 2. The third kappa shape index (κ3) is 2.14. The molecule has 0 saturated carbocycles. The van der Waals surface area contributed by atoms with E-state index in [0.29, 0.717) is 23.7 Å². The summed E-state index contributed by atoms with van der Waals surface area (Å²) in [7, 11) is 2.99. The van der Waals surface area contributed by atoms with Crippen LogP contribution in [0.3, 0.4) is 0 Å². The number of hydrogen-bond acceptors (Lipinski definition) is 4. The molecule has 2 aromatic rings. The summed E-state index contributed by atoms with van der Waals surface area (Å²) < 4.78 is 5.29. The Morgan fingerprint density at radius 1 is 1.50 bits per heavy atom. The fourth-order valence-electron chi connectivity index (χ4n) is 1.64. The minimum absolute atomic E-state index is 0.252. The van der Waals surface area contributed by atoms with E-state index in [0.717, 1.165) is 10.6 Å². The molecule has 1 heterocycles. The zero-order chi connectivity index (χ0) is 13.1. The van der Waals surface area contributed by atoms with Crippen molar-refractivity contribution >= 4 is 16.9 Å². The maximum Gasteiger partial charge on any atom is 0.294 e. The average Bonchev–Trinajstić information content (AvgIpc) is 2.79. The SMILES string of the molecule is CCOc1nc2c(C(=O)N(C)OC)cccc2[nH]1. The number of hydroxylamine groups is 2. The number of benzene rings is 1. The Kier molecular flexibility index (Phi) is 3.47. The predicted octanol–water partition coefficient (Wildman–Crippen LogP) is 1.59. The van der Waals surface area contributed by atoms with Crippen molar-refractivity contribution in [2.75, 3.05) is 20.8 Å². The highest BCUT2D eigenvalue weighted by molar-refractivity contribution is 6.04. The molecule has 1 amide bonds. The van der Waals surface area contributed by atoms with Gasteiger partial charge in [-0.3, -0.25) is 9.63 Å². The number of hydrogen-bond donors (Lipinski definition) is 1. The number of para-hydroxylation sites is 1. The number of rotatable bonds is 4. The van der Waals surface area contributed by atoms with Crippen molar-refractivity contribution in [3.05, 3.63) is 23.8 Å². The number of nitrogens with zero attached hydrogens (tertiary/aromatic N) is 2. The van der Waals surface area contributed by atoms with Gasteiger partial charge in [0.15, 0.2) is 0 Å². The Hall–Kier alpha value is -2.08. The Morgan fingerprint density at radius 3 is 2.94 bits per heavy atom. The summed E-state index contributed by atoms with van der Waals surface area (Å²) in [5, 5.41) is 1.16. The number of ether oxygens (including phenoxy) is 1. The number of fused-ring (bicyclic) bond motifs is 1. The van der Waals surface area contributed by atoms with E-state index < -0.39 is 0 Å². The highest BCUT2D eigenvalue weighted by atomic mass is 16.7. The molecule has 0 unspecified atom stereocenters. The van der Waals surface area contributed by atoms with E-state index in [1.165, 1.54) is 7.11 Å². The summed E-state index contributed by atoms with van der Waals surface area (Å²) in [6.07, 6.45) is 0. The van der Waals surface area contributed by atoms with Gasteiger partial charge in [-0.1, -0.05) is 6.07 Å². The zero-order valence-corrected chi connectivity index (χ0v) is 10.6. The first-order valence-electron chi connectivity index (χ1n) is 5.61. The molecule has 0 aliphatic carbocycles. The number of carbonyl (C=O) groups is 1. The lowest BCUT2D eigenvalue weighted by Gasteiger charge is -2.13. The molecule has 0 fully saturated rings. The van der Waals surface area contributed by atoms with E-state index in [1.54, 1.807) is 19.2 Å². The molecule has 2 rings (SSSR count). The number of imidazole rings is 1. The molecule has 0 aliphatic heterocycles. The standard InChI is InChI=1S/C12H15N3O3/c1-4-18-12-13-9-7-5-6-8(10(9)14-12)11(16)15(2)17-3/h5-7H,4H2,1-3H3,(H,13,14). The molecule has 6 heteroatoms. The number of H-pyrrole nitrogens is 1. The van der Waals surface area contributed by atoms with Crippen molar-refractivity contribution in [3.8, 4) is 6.01 Å². The van der Waals surface area contributed by atoms with Crippen molar-refractivity contribution in [2.45, 2.75) is 6.92 Å². The van der Waals surface area contributed by atoms with Crippen LogP contribution in [0.2, 0.25) is 0 Å². The largest absolute Gasteiger partial charge is 0.465 e. The van der Waals surface area contributed by atoms with Crippen molar-refractivity contribution in [1.82, 2.24) is 15.0 Å². The second-order valence-corrected chi connectivity index (χ2v) is 3.66. The Bertz CT molecular complexity index is 565. The molecule has 6 nitrogen and oxygen atoms in total. The van der Waals surface area contributed by atoms with Gasteiger partial charge in [0, 0.05) is 7.05 Å². The van der Waals surface area contributed by atoms with E-state index in [2.05, 4.69) is 9.97 Å². The fourth-order valence-corrected chi connectivity index (χ4v) is 1.64. The second-order valence-electron chi connectivity index (χ2n) is 3.66. The van der Waals surface area contributed by atoms with Gasteiger partial charge in [0.25, 0.3) is 11.9 Å². The van der Waals surface area contributed by atoms with Gasteiger partial charge < -0.3 is 9.72 Å². The fraction of sp³-hybridized carbons (Fsp3) is 0.333. The zero-order valence-electron chi connectivity index (χ0n) is 10.6. The molecule has 0 aliphatic rings. The minimum Gasteiger partial charge on any atom is -0.465 e. The third-order valence-corrected chi connectivity index (χ3v) is 2.56. The van der Waals surface area contributed by atoms with Crippen LogP contribution in [0.15, 0.2) is 18.2 Å². The highest BCUT2D eigenvalue weighted by Crippen LogP contribution is 2.20. The van der Waals surface area contributed by atoms with E-state index in [4.69, 9.17) is 9.57 Å². The number of nitrogens with one attached hydrogen (secondary N) is 1. The van der Waals surface area contributed by atoms with Gasteiger partial charge in [0.1, 0.15) is 5.52 Å². The van der Waals surface area contributed by atoms with Crippen molar-refractivity contribution in [1.29, 1.82) is 0 Å². The van der Waals surface area contributed by atoms with Crippen molar-refractivity contribution in [2.24, 2.45) is 0 Å². The van der Waals surface area contributed by atoms with Gasteiger partial charge in [-0.2, -0.15) is 4.98 Å². The summed E-state index contributed by atoms with van der Waals surface area (Å²) in [4.78, 5) is 24.2. The smallest absolute Gasteiger partial charge is 0.294 e. The van der Waals surface area contributed by atoms with Crippen LogP contribution < -0.4 is 4.74 Å². The van der Waals surface area contributed by atoms with Crippen LogP contribution in [-0.4, -0.2) is 41.7 Å². The number of carbonyl (C=O) groups excluding carboxylic acids is 1. The first-order chi connectivity index (χ1) is 8.67. The predicted molar refractivity (Wildman–Crippen MR) is 66.4 cm³/mol. The van der Waals surface area contributed by atoms with Crippen LogP contribution in [0.5, 0.6) is 6.01 Å². The Morgan fingerprint density at radius 2 is 2.28 bits per heavy atom. The van der Waals surface area contributed by atoms with Crippen LogP contribution in [0, 0.1) is 0 Å². The van der Waals surface area contributed by atoms with Gasteiger partial charge in [-0.15, -0.1) is 0 Å². The first-order valence-corrected chi connectivity index (χ1v) is 5.61. The van der Waals surface area contributed by atoms with Gasteiger partial charge in [-0.05, 0) is 19.1 Å². The van der Waals surface area contributed by atoms with Crippen LogP contribution in [0.1, 0.15) is 17.3 Å². The van der Waals surface area contributed by atoms with Gasteiger partial charge in [0.05, 0.1) is 24.8 Å². The van der Waals surface area contributed by atoms with Gasteiger partial charge in [-0.25, -0.2) is 5.06 Å². The molecule has 0 spiro atoms. The van der Waals surface area contributed by atoms with E-state index in [-0.39, 0.29) is 5.91 Å². The molecule has 1 aromatic carbocycles. The summed E-state index contributed by atoms with van der Waals surface area (Å²) >= 11 is 0. The number of amides is 1. The third-order valence-electron chi connectivity index (χ3n) is 2.56. The summed E-state index contributed by atoms with van der Waals surface area (Å²) in [5.74, 6) is -0.252. The van der Waals surface area contributed by atoms with E-state index >= 15 is 0 Å². The van der Waals surface area contributed by atoms with Crippen LogP contribution in [-0.2, 0) is 4.84 Å². The van der Waals surface area contributed by atoms with Gasteiger partial charge in [0.2, 0.25) is 0 Å². The normalized spacial score (nSPS) is 10.6. The second kappa shape index (κ2) is 5.05. The summed E-state index contributed by atoms with van der Waals surface area (Å²) in [6, 6.07) is 5.74. The summed E-state index contributed by atoms with van der Waals surface area (Å²) in [6.45, 7) is 2.39. The summed E-state index contributed by atoms with van der Waals surface area (Å²) in [5.41, 5.74) is 1.81. The molecule has 1 N–H and O–H groups in total. The molecule has 0 atom stereocenters. The molecular weight excluding hydrogens is 234 g/mol. The Labute approximate surface area is 104 Å². The van der Waals surface area contributed by atoms with Gasteiger partial charge >= 0.3 is 0 Å². The quantitative estimate of drug-likeness (QED) is 0.836. The van der Waals surface area contributed by atoms with Crippen LogP contribution >= 0.6 is 0 Å². The van der Waals surface area contributed by atoms with Crippen LogP contribution in [0.4, 0.5) is 0 Å². The molecule has 0 radical (unpaired) electrons. The molecule has 96 valence electrons. The lowest BCUT2D eigenvalue weighted by atomic mass is 10.2. The lowest BCUT2D eigenvalue weighted by Crippen LogP contribution is -2.25. The van der Waals surface area contributed by atoms with Crippen molar-refractivity contribution < 1.29 is 14.4 Å². The van der Waals surface area contributed by atoms with Crippen LogP contribution in [0.25, 0.3) is 11.0 Å². The monoisotopic (exact) mass is 249 g/mol. The topological polar surface area (TPSA) is 67.4 Å². The molecular formula is C12H15N3O3. The van der Waals surface area contributed by atoms with Crippen molar-refractivity contribution in [3.63, 3.8) is 0 Å². The Balaban J connectivity index is 2.47. The van der Waals surface area contributed by atoms with E-state index in [1.807, 2.05) is 13.0 Å². The lowest BCUT2D eigenvalue weighted by molar-refractivity contribution is -0.0755. The maximum absolute atomic E-state index is 12.1. The van der Waals surface area contributed by atoms with E-state index in [9.17, 15) is 4.79 Å². The molecule has 18 heavy (non-hydrogen) atoms. The molecule has 0 saturated heterocycles. The minimum atomic E-state index is -0.252. The average molecular weight is 249 g/mol.